The monoisotopic (exact) mass is 1040 g/mol. The summed E-state index contributed by atoms with van der Waals surface area (Å²) in [6.07, 6.45) is 9.20. The van der Waals surface area contributed by atoms with Crippen molar-refractivity contribution in [3.05, 3.63) is 101 Å². The SMILES string of the molecule is Cc1ccnc(C(NC(=O)[C@@H]2C[C@@H](O)CN2C(=O)[C@@H](n2cc(C3CC3O[C@@H]3C[C@@H](C(=O)NCCc4nc(Cc5ccccc5)no4)N(C(=O)[C@@H](n4cc(C5CC5)nn4)C(C)(C)C)C3)nn2)C(C)(C)C)C2CCOCC2)c1. The fraction of sp³-hybridized carbons (Fsp3) is 0.618. The molecular weight excluding hydrogens is 971 g/mol. The van der Waals surface area contributed by atoms with Crippen LogP contribution >= 0.6 is 0 Å². The van der Waals surface area contributed by atoms with Crippen molar-refractivity contribution in [3.8, 4) is 0 Å². The quantitative estimate of drug-likeness (QED) is 0.107. The van der Waals surface area contributed by atoms with Crippen LogP contribution in [0.2, 0.25) is 0 Å². The summed E-state index contributed by atoms with van der Waals surface area (Å²) in [5, 5.41) is 39.4. The molecule has 406 valence electrons. The van der Waals surface area contributed by atoms with Crippen LogP contribution in [0.4, 0.5) is 0 Å². The molecule has 3 saturated heterocycles. The number of likely N-dealkylation sites (tertiary alicyclic amines) is 2. The van der Waals surface area contributed by atoms with Crippen molar-refractivity contribution in [2.45, 2.75) is 167 Å². The van der Waals surface area contributed by atoms with Gasteiger partial charge in [-0.2, -0.15) is 4.98 Å². The zero-order valence-corrected chi connectivity index (χ0v) is 44.7. The number of nitrogens with one attached hydrogen (secondary N) is 2. The molecule has 0 radical (unpaired) electrons. The number of aliphatic hydroxyl groups is 1. The summed E-state index contributed by atoms with van der Waals surface area (Å²) >= 11 is 0. The molecule has 2 aliphatic carbocycles. The van der Waals surface area contributed by atoms with Crippen molar-refractivity contribution in [2.75, 3.05) is 32.8 Å². The van der Waals surface area contributed by atoms with Crippen molar-refractivity contribution in [1.29, 1.82) is 0 Å². The third kappa shape index (κ3) is 12.1. The second-order valence-corrected chi connectivity index (χ2v) is 23.8. The second-order valence-electron chi connectivity index (χ2n) is 23.8. The minimum Gasteiger partial charge on any atom is -0.391 e. The summed E-state index contributed by atoms with van der Waals surface area (Å²) in [5.74, 6) is 0.0220. The molecule has 0 spiro atoms. The van der Waals surface area contributed by atoms with E-state index in [2.05, 4.69) is 46.4 Å². The minimum absolute atomic E-state index is 0.000313. The lowest BCUT2D eigenvalue weighted by atomic mass is 9.85. The molecule has 5 fully saturated rings. The number of aliphatic hydroxyl groups excluding tert-OH is 1. The van der Waals surface area contributed by atoms with Gasteiger partial charge < -0.3 is 39.5 Å². The second kappa shape index (κ2) is 21.9. The van der Waals surface area contributed by atoms with Crippen molar-refractivity contribution >= 4 is 23.6 Å². The first-order chi connectivity index (χ1) is 36.4. The number of hydrogen-bond acceptors (Lipinski definition) is 15. The van der Waals surface area contributed by atoms with Gasteiger partial charge in [-0.3, -0.25) is 24.2 Å². The average molecular weight is 1040 g/mol. The van der Waals surface area contributed by atoms with E-state index in [0.29, 0.717) is 55.8 Å². The van der Waals surface area contributed by atoms with Crippen molar-refractivity contribution in [1.82, 2.24) is 65.5 Å². The number of β-amino-alcohol motifs (C(OH)–C–C–N with tert-alkyl or cyclic N) is 1. The van der Waals surface area contributed by atoms with E-state index in [4.69, 9.17) is 14.0 Å². The molecule has 2 saturated carbocycles. The number of hydrogen-bond donors (Lipinski definition) is 3. The van der Waals surface area contributed by atoms with Crippen LogP contribution in [0.25, 0.3) is 0 Å². The molecule has 3 N–H and O–H groups in total. The molecule has 7 heterocycles. The Morgan fingerprint density at radius 1 is 0.816 bits per heavy atom. The van der Waals surface area contributed by atoms with E-state index in [1.165, 1.54) is 4.90 Å². The van der Waals surface area contributed by atoms with Crippen LogP contribution < -0.4 is 10.6 Å². The predicted molar refractivity (Wildman–Crippen MR) is 275 cm³/mol. The first-order valence-corrected chi connectivity index (χ1v) is 27.1. The third-order valence-electron chi connectivity index (χ3n) is 15.5. The van der Waals surface area contributed by atoms with Gasteiger partial charge in [-0.25, -0.2) is 9.36 Å². The Balaban J connectivity index is 0.815. The number of pyridine rings is 1. The van der Waals surface area contributed by atoms with Crippen LogP contribution in [0.3, 0.4) is 0 Å². The normalized spacial score (nSPS) is 24.3. The standard InChI is InChI=1S/C55H73N13O8/c1-32-15-19-56-39(23-32)47(35-17-21-74-22-18-35)59-51(71)42-25-36(69)28-65(42)52(72)48(54(2,3)4)68-31-41(61-64-68)38-27-44(38)75-37-26-43(50(70)57-20-16-46-58-45(62-76-46)24-33-11-9-8-10-12-33)66(29-37)53(73)49(55(5,6)7)67-30-40(60-63-67)34-13-14-34/h8-12,15,19,23,30-31,34-38,42-44,47-49,69H,13-14,16-18,20-22,24-29H2,1-7H3,(H,57,70)(H,59,71)/t36-,37-,38?,42+,43+,44?,47?,48-,49-/m1/s1. The summed E-state index contributed by atoms with van der Waals surface area (Å²) in [4.78, 5) is 70.7. The molecule has 21 heteroatoms. The molecule has 5 aliphatic rings. The van der Waals surface area contributed by atoms with E-state index in [0.717, 1.165) is 48.2 Å². The molecule has 4 amide bonds. The van der Waals surface area contributed by atoms with E-state index in [1.807, 2.05) is 97.1 Å². The largest absolute Gasteiger partial charge is 0.391 e. The van der Waals surface area contributed by atoms with Gasteiger partial charge in [0.15, 0.2) is 5.82 Å². The molecule has 9 atom stereocenters. The summed E-state index contributed by atoms with van der Waals surface area (Å²) in [5.41, 5.74) is 3.11. The van der Waals surface area contributed by atoms with E-state index in [-0.39, 0.29) is 80.1 Å². The topological polar surface area (TPSA) is 251 Å². The Kier molecular flexibility index (Phi) is 15.3. The fourth-order valence-electron chi connectivity index (χ4n) is 11.3. The Labute approximate surface area is 443 Å². The van der Waals surface area contributed by atoms with Gasteiger partial charge in [0, 0.05) is 89.0 Å². The van der Waals surface area contributed by atoms with Gasteiger partial charge >= 0.3 is 0 Å². The van der Waals surface area contributed by atoms with Crippen LogP contribution in [0, 0.1) is 23.7 Å². The minimum atomic E-state index is -0.911. The maximum Gasteiger partial charge on any atom is 0.248 e. The van der Waals surface area contributed by atoms with Gasteiger partial charge in [0.2, 0.25) is 29.5 Å². The van der Waals surface area contributed by atoms with E-state index < -0.39 is 47.2 Å². The van der Waals surface area contributed by atoms with Gasteiger partial charge in [-0.1, -0.05) is 87.5 Å². The number of aryl methyl sites for hydroxylation is 1. The molecule has 5 aromatic rings. The molecule has 0 bridgehead atoms. The van der Waals surface area contributed by atoms with Crippen LogP contribution in [0.15, 0.2) is 65.6 Å². The highest BCUT2D eigenvalue weighted by molar-refractivity contribution is 5.91. The molecular formula is C55H73N13O8. The van der Waals surface area contributed by atoms with E-state index in [9.17, 15) is 24.3 Å². The summed E-state index contributed by atoms with van der Waals surface area (Å²) in [6, 6.07) is 10.1. The number of carbonyl (C=O) groups excluding carboxylic acids is 4. The van der Waals surface area contributed by atoms with Gasteiger partial charge in [0.05, 0.1) is 41.4 Å². The third-order valence-corrected chi connectivity index (χ3v) is 15.5. The number of aromatic nitrogens is 9. The van der Waals surface area contributed by atoms with Crippen LogP contribution in [-0.4, -0.2) is 147 Å². The maximum atomic E-state index is 14.9. The van der Waals surface area contributed by atoms with Gasteiger partial charge in [0.1, 0.15) is 24.2 Å². The fourth-order valence-corrected chi connectivity index (χ4v) is 11.3. The highest BCUT2D eigenvalue weighted by Gasteiger charge is 2.51. The van der Waals surface area contributed by atoms with Crippen molar-refractivity contribution in [3.63, 3.8) is 0 Å². The Bertz CT molecular complexity index is 2850. The Morgan fingerprint density at radius 3 is 2.14 bits per heavy atom. The summed E-state index contributed by atoms with van der Waals surface area (Å²) < 4.78 is 21.1. The van der Waals surface area contributed by atoms with Crippen molar-refractivity contribution in [2.24, 2.45) is 16.7 Å². The molecule has 21 nitrogen and oxygen atoms in total. The lowest BCUT2D eigenvalue weighted by Gasteiger charge is -2.36. The molecule has 3 unspecified atom stereocenters. The number of carbonyl (C=O) groups is 4. The molecule has 4 aromatic heterocycles. The molecule has 76 heavy (non-hydrogen) atoms. The van der Waals surface area contributed by atoms with Gasteiger partial charge in [-0.05, 0) is 79.0 Å². The summed E-state index contributed by atoms with van der Waals surface area (Å²) in [7, 11) is 0. The van der Waals surface area contributed by atoms with E-state index in [1.54, 1.807) is 26.7 Å². The zero-order valence-electron chi connectivity index (χ0n) is 44.7. The van der Waals surface area contributed by atoms with E-state index >= 15 is 0 Å². The number of rotatable bonds is 18. The van der Waals surface area contributed by atoms with Crippen molar-refractivity contribution < 1.29 is 38.3 Å². The Hall–Kier alpha value is -6.45. The first-order valence-electron chi connectivity index (χ1n) is 27.1. The number of benzene rings is 1. The van der Waals surface area contributed by atoms with Gasteiger partial charge in [0.25, 0.3) is 0 Å². The zero-order chi connectivity index (χ0) is 53.5. The molecule has 1 aromatic carbocycles. The maximum absolute atomic E-state index is 14.9. The smallest absolute Gasteiger partial charge is 0.248 e. The first kappa shape index (κ1) is 53.0. The van der Waals surface area contributed by atoms with Crippen LogP contribution in [0.5, 0.6) is 0 Å². The lowest BCUT2D eigenvalue weighted by Crippen LogP contribution is -2.51. The number of amides is 4. The van der Waals surface area contributed by atoms with Crippen LogP contribution in [0.1, 0.15) is 156 Å². The summed E-state index contributed by atoms with van der Waals surface area (Å²) in [6.45, 7) is 15.4. The highest BCUT2D eigenvalue weighted by atomic mass is 16.5. The Morgan fingerprint density at radius 2 is 1.47 bits per heavy atom. The van der Waals surface area contributed by atoms with Gasteiger partial charge in [-0.15, -0.1) is 10.2 Å². The molecule has 10 rings (SSSR count). The lowest BCUT2D eigenvalue weighted by molar-refractivity contribution is -0.144. The predicted octanol–water partition coefficient (Wildman–Crippen LogP) is 4.75. The highest BCUT2D eigenvalue weighted by Crippen LogP contribution is 2.46. The average Bonchev–Trinajstić information content (AvgIpc) is 3.93. The number of nitrogens with zero attached hydrogens (tertiary/aromatic N) is 11. The van der Waals surface area contributed by atoms with Crippen LogP contribution in [-0.2, 0) is 41.5 Å². The molecule has 3 aliphatic heterocycles. The number of ether oxygens (including phenoxy) is 2.